The average Bonchev–Trinajstić information content (AvgIpc) is 2.45. The molecule has 2 aromatic carbocycles. The number of phenolic OH excluding ortho intramolecular Hbond substituents is 2. The number of nitriles is 1. The summed E-state index contributed by atoms with van der Waals surface area (Å²) >= 11 is 0. The third-order valence-electron chi connectivity index (χ3n) is 3.98. The van der Waals surface area contributed by atoms with Crippen molar-refractivity contribution in [1.82, 2.24) is 0 Å². The molecule has 0 unspecified atom stereocenters. The molecule has 2 aromatic rings. The molecule has 0 saturated heterocycles. The van der Waals surface area contributed by atoms with Gasteiger partial charge in [-0.25, -0.2) is 0 Å². The first-order valence-corrected chi connectivity index (χ1v) is 7.30. The minimum absolute atomic E-state index is 0.0940. The summed E-state index contributed by atoms with van der Waals surface area (Å²) in [6, 6.07) is 3.74. The van der Waals surface area contributed by atoms with Crippen LogP contribution in [-0.2, 0) is 4.79 Å². The first kappa shape index (κ1) is 16.6. The van der Waals surface area contributed by atoms with Crippen LogP contribution in [0, 0.1) is 25.2 Å². The van der Waals surface area contributed by atoms with Crippen LogP contribution in [-0.4, -0.2) is 16.2 Å². The molecule has 2 N–H and O–H groups in total. The van der Waals surface area contributed by atoms with Crippen LogP contribution < -0.4 is 4.74 Å². The Morgan fingerprint density at radius 2 is 1.87 bits per heavy atom. The number of aromatic hydroxyl groups is 2. The Balaban J connectivity index is 3.15. The third kappa shape index (κ3) is 2.57. The molecule has 0 amide bonds. The molecule has 0 spiro atoms. The van der Waals surface area contributed by atoms with Gasteiger partial charge in [-0.1, -0.05) is 19.9 Å². The lowest BCUT2D eigenvalue weighted by molar-refractivity contribution is -0.131. The monoisotopic (exact) mass is 313 g/mol. The number of ether oxygens (including phenoxy) is 1. The summed E-state index contributed by atoms with van der Waals surface area (Å²) in [5.74, 6) is -1.14. The summed E-state index contributed by atoms with van der Waals surface area (Å²) in [5.41, 5.74) is 2.00. The number of nitrogens with zero attached hydrogens (tertiary/aromatic N) is 1. The Morgan fingerprint density at radius 1 is 1.26 bits per heavy atom. The number of rotatable bonds is 2. The van der Waals surface area contributed by atoms with Gasteiger partial charge in [-0.05, 0) is 36.3 Å². The molecule has 0 aliphatic carbocycles. The molecule has 2 rings (SSSR count). The summed E-state index contributed by atoms with van der Waals surface area (Å²) < 4.78 is 5.33. The number of phenols is 2. The number of hydrogen-bond donors (Lipinski definition) is 2. The van der Waals surface area contributed by atoms with Gasteiger partial charge >= 0.3 is 5.97 Å². The van der Waals surface area contributed by atoms with Crippen LogP contribution in [0.15, 0.2) is 6.07 Å². The standard InChI is InChI=1S/C18H19NO4/c1-8(2)14-12-6-9(3)10(4)18(23-11(5)20)15(12)13(7-19)16(21)17(14)22/h6,8,21-22H,1-5H3. The lowest BCUT2D eigenvalue weighted by Crippen LogP contribution is -2.06. The maximum atomic E-state index is 11.5. The molecule has 0 radical (unpaired) electrons. The van der Waals surface area contributed by atoms with Crippen molar-refractivity contribution in [2.75, 3.05) is 0 Å². The number of aryl methyl sites for hydroxylation is 1. The zero-order valence-electron chi connectivity index (χ0n) is 13.8. The Labute approximate surface area is 134 Å². The van der Waals surface area contributed by atoms with E-state index in [0.717, 1.165) is 5.56 Å². The zero-order valence-corrected chi connectivity index (χ0v) is 13.8. The molecule has 0 bridgehead atoms. The van der Waals surface area contributed by atoms with E-state index in [1.54, 1.807) is 6.92 Å². The van der Waals surface area contributed by atoms with E-state index in [-0.39, 0.29) is 23.0 Å². The SMILES string of the molecule is CC(=O)Oc1c(C)c(C)cc2c(C(C)C)c(O)c(O)c(C#N)c12. The van der Waals surface area contributed by atoms with Gasteiger partial charge in [-0.3, -0.25) is 4.79 Å². The van der Waals surface area contributed by atoms with Crippen LogP contribution in [0.3, 0.4) is 0 Å². The van der Waals surface area contributed by atoms with Crippen LogP contribution in [0.1, 0.15) is 48.9 Å². The molecule has 0 heterocycles. The summed E-state index contributed by atoms with van der Waals surface area (Å²) in [7, 11) is 0. The largest absolute Gasteiger partial charge is 0.504 e. The van der Waals surface area contributed by atoms with E-state index in [1.807, 2.05) is 32.9 Å². The second kappa shape index (κ2) is 5.81. The molecule has 0 aromatic heterocycles. The first-order chi connectivity index (χ1) is 10.7. The van der Waals surface area contributed by atoms with Gasteiger partial charge < -0.3 is 14.9 Å². The maximum Gasteiger partial charge on any atom is 0.308 e. The smallest absolute Gasteiger partial charge is 0.308 e. The van der Waals surface area contributed by atoms with Crippen molar-refractivity contribution in [3.63, 3.8) is 0 Å². The van der Waals surface area contributed by atoms with Crippen LogP contribution in [0.25, 0.3) is 10.8 Å². The van der Waals surface area contributed by atoms with Gasteiger partial charge in [0.05, 0.1) is 0 Å². The first-order valence-electron chi connectivity index (χ1n) is 7.30. The topological polar surface area (TPSA) is 90.6 Å². The molecular formula is C18H19NO4. The molecule has 5 heteroatoms. The summed E-state index contributed by atoms with van der Waals surface area (Å²) in [5, 5.41) is 30.9. The van der Waals surface area contributed by atoms with Gasteiger partial charge in [-0.15, -0.1) is 0 Å². The molecule has 0 atom stereocenters. The number of carbonyl (C=O) groups is 1. The second-order valence-corrected chi connectivity index (χ2v) is 5.92. The van der Waals surface area contributed by atoms with Crippen molar-refractivity contribution < 1.29 is 19.7 Å². The van der Waals surface area contributed by atoms with Crippen LogP contribution in [0.4, 0.5) is 0 Å². The van der Waals surface area contributed by atoms with Crippen LogP contribution in [0.2, 0.25) is 0 Å². The lowest BCUT2D eigenvalue weighted by atomic mass is 9.88. The number of fused-ring (bicyclic) bond motifs is 1. The predicted octanol–water partition coefficient (Wildman–Crippen LogP) is 3.79. The highest BCUT2D eigenvalue weighted by Gasteiger charge is 2.25. The number of esters is 1. The van der Waals surface area contributed by atoms with Crippen LogP contribution >= 0.6 is 0 Å². The van der Waals surface area contributed by atoms with E-state index in [9.17, 15) is 20.3 Å². The number of hydrogen-bond acceptors (Lipinski definition) is 5. The summed E-state index contributed by atoms with van der Waals surface area (Å²) in [6.45, 7) is 8.68. The van der Waals surface area contributed by atoms with Crippen molar-refractivity contribution in [1.29, 1.82) is 5.26 Å². The van der Waals surface area contributed by atoms with E-state index in [0.29, 0.717) is 21.9 Å². The normalized spacial score (nSPS) is 10.8. The maximum absolute atomic E-state index is 11.5. The van der Waals surface area contributed by atoms with Crippen molar-refractivity contribution >= 4 is 16.7 Å². The summed E-state index contributed by atoms with van der Waals surface area (Å²) in [4.78, 5) is 11.5. The number of benzene rings is 2. The Hall–Kier alpha value is -2.74. The molecule has 0 saturated carbocycles. The van der Waals surface area contributed by atoms with Crippen molar-refractivity contribution in [2.24, 2.45) is 0 Å². The summed E-state index contributed by atoms with van der Waals surface area (Å²) in [6.07, 6.45) is 0. The van der Waals surface area contributed by atoms with Gasteiger partial charge in [0.25, 0.3) is 0 Å². The van der Waals surface area contributed by atoms with Crippen molar-refractivity contribution in [3.05, 3.63) is 28.3 Å². The highest BCUT2D eigenvalue weighted by molar-refractivity contribution is 6.02. The minimum atomic E-state index is -0.512. The van der Waals surface area contributed by atoms with Gasteiger partial charge in [-0.2, -0.15) is 5.26 Å². The van der Waals surface area contributed by atoms with Gasteiger partial charge in [0.1, 0.15) is 17.4 Å². The molecule has 23 heavy (non-hydrogen) atoms. The third-order valence-corrected chi connectivity index (χ3v) is 3.98. The Kier molecular flexibility index (Phi) is 4.20. The number of carbonyl (C=O) groups excluding carboxylic acids is 1. The fraction of sp³-hybridized carbons (Fsp3) is 0.333. The van der Waals surface area contributed by atoms with E-state index in [4.69, 9.17) is 4.74 Å². The zero-order chi connectivity index (χ0) is 17.5. The minimum Gasteiger partial charge on any atom is -0.504 e. The molecule has 5 nitrogen and oxygen atoms in total. The fourth-order valence-corrected chi connectivity index (χ4v) is 2.80. The Morgan fingerprint density at radius 3 is 2.35 bits per heavy atom. The molecule has 0 fully saturated rings. The van der Waals surface area contributed by atoms with Gasteiger partial charge in [0.15, 0.2) is 11.5 Å². The van der Waals surface area contributed by atoms with Gasteiger partial charge in [0, 0.05) is 17.9 Å². The second-order valence-electron chi connectivity index (χ2n) is 5.92. The average molecular weight is 313 g/mol. The fourth-order valence-electron chi connectivity index (χ4n) is 2.80. The van der Waals surface area contributed by atoms with E-state index in [1.165, 1.54) is 6.92 Å². The van der Waals surface area contributed by atoms with E-state index in [2.05, 4.69) is 0 Å². The molecule has 120 valence electrons. The predicted molar refractivity (Wildman–Crippen MR) is 86.9 cm³/mol. The van der Waals surface area contributed by atoms with Crippen LogP contribution in [0.5, 0.6) is 17.2 Å². The van der Waals surface area contributed by atoms with E-state index >= 15 is 0 Å². The molecule has 0 aliphatic rings. The Bertz CT molecular complexity index is 860. The molecular weight excluding hydrogens is 294 g/mol. The van der Waals surface area contributed by atoms with E-state index < -0.39 is 11.7 Å². The van der Waals surface area contributed by atoms with Crippen molar-refractivity contribution in [2.45, 2.75) is 40.5 Å². The highest BCUT2D eigenvalue weighted by atomic mass is 16.5. The lowest BCUT2D eigenvalue weighted by Gasteiger charge is -2.20. The molecule has 0 aliphatic heterocycles. The highest BCUT2D eigenvalue weighted by Crippen LogP contribution is 2.47. The van der Waals surface area contributed by atoms with Crippen molar-refractivity contribution in [3.8, 4) is 23.3 Å². The quantitative estimate of drug-likeness (QED) is 0.500. The van der Waals surface area contributed by atoms with Gasteiger partial charge in [0.2, 0.25) is 0 Å².